The Balaban J connectivity index is 1.63. The summed E-state index contributed by atoms with van der Waals surface area (Å²) in [6.45, 7) is 1.65. The molecule has 0 aliphatic carbocycles. The molecule has 152 valence electrons. The summed E-state index contributed by atoms with van der Waals surface area (Å²) in [5, 5.41) is 4.60. The zero-order chi connectivity index (χ0) is 21.1. The number of hydrogen-bond acceptors (Lipinski definition) is 6. The van der Waals surface area contributed by atoms with Crippen LogP contribution in [0.2, 0.25) is 0 Å². The van der Waals surface area contributed by atoms with Gasteiger partial charge in [0.15, 0.2) is 6.61 Å². The molecule has 8 nitrogen and oxygen atoms in total. The van der Waals surface area contributed by atoms with Gasteiger partial charge in [-0.25, -0.2) is 19.2 Å². The van der Waals surface area contributed by atoms with Crippen LogP contribution in [0, 0.1) is 6.92 Å². The first-order valence-electron chi connectivity index (χ1n) is 9.40. The second-order valence-corrected chi connectivity index (χ2v) is 6.72. The normalized spacial score (nSPS) is 13.2. The lowest BCUT2D eigenvalue weighted by molar-refractivity contribution is -0.131. The van der Waals surface area contributed by atoms with Gasteiger partial charge in [-0.05, 0) is 24.6 Å². The molecule has 3 aromatic rings. The van der Waals surface area contributed by atoms with Crippen LogP contribution in [0.25, 0.3) is 16.9 Å². The van der Waals surface area contributed by atoms with Crippen molar-refractivity contribution in [2.75, 3.05) is 19.8 Å². The maximum Gasteiger partial charge on any atom is 0.416 e. The number of ether oxygens (including phenoxy) is 2. The van der Waals surface area contributed by atoms with Gasteiger partial charge in [-0.3, -0.25) is 4.79 Å². The number of esters is 1. The average molecular weight is 405 g/mol. The van der Waals surface area contributed by atoms with Crippen LogP contribution in [0.4, 0.5) is 4.79 Å². The van der Waals surface area contributed by atoms with Gasteiger partial charge in [0, 0.05) is 11.8 Å². The summed E-state index contributed by atoms with van der Waals surface area (Å²) in [7, 11) is 0. The third-order valence-corrected chi connectivity index (χ3v) is 4.74. The van der Waals surface area contributed by atoms with E-state index in [0.717, 1.165) is 21.7 Å². The number of carbonyl (C=O) groups excluding carboxylic acids is 3. The number of nitrogens with zero attached hydrogens (tertiary/aromatic N) is 3. The zero-order valence-corrected chi connectivity index (χ0v) is 16.3. The first kappa shape index (κ1) is 19.4. The fourth-order valence-electron chi connectivity index (χ4n) is 3.18. The number of amides is 2. The van der Waals surface area contributed by atoms with E-state index in [9.17, 15) is 14.4 Å². The second kappa shape index (κ2) is 8.20. The van der Waals surface area contributed by atoms with Crippen molar-refractivity contribution in [1.82, 2.24) is 14.7 Å². The Hall–Kier alpha value is -3.94. The van der Waals surface area contributed by atoms with E-state index in [0.29, 0.717) is 5.69 Å². The maximum absolute atomic E-state index is 12.8. The molecule has 8 heteroatoms. The van der Waals surface area contributed by atoms with Crippen LogP contribution >= 0.6 is 0 Å². The SMILES string of the molecule is Cc1ccccc1-c1nn(-c2ccccc2)cc1C(=O)OCC(=O)N1CCOC1=O. The van der Waals surface area contributed by atoms with Crippen LogP contribution in [0.1, 0.15) is 15.9 Å². The third-order valence-electron chi connectivity index (χ3n) is 4.74. The van der Waals surface area contributed by atoms with Crippen molar-refractivity contribution in [2.24, 2.45) is 0 Å². The molecule has 0 atom stereocenters. The van der Waals surface area contributed by atoms with Crippen LogP contribution in [0.5, 0.6) is 0 Å². The Kier molecular flexibility index (Phi) is 5.30. The topological polar surface area (TPSA) is 90.7 Å². The van der Waals surface area contributed by atoms with Crippen LogP contribution in [0.15, 0.2) is 60.8 Å². The minimum atomic E-state index is -0.728. The van der Waals surface area contributed by atoms with E-state index in [1.807, 2.05) is 61.5 Å². The molecule has 0 N–H and O–H groups in total. The molecule has 1 aromatic heterocycles. The lowest BCUT2D eigenvalue weighted by Crippen LogP contribution is -2.35. The Labute approximate surface area is 172 Å². The molecule has 0 radical (unpaired) electrons. The number of imide groups is 1. The first-order valence-corrected chi connectivity index (χ1v) is 9.40. The first-order chi connectivity index (χ1) is 14.5. The third kappa shape index (κ3) is 3.80. The van der Waals surface area contributed by atoms with E-state index in [-0.39, 0.29) is 18.7 Å². The molecule has 2 amide bonds. The summed E-state index contributed by atoms with van der Waals surface area (Å²) < 4.78 is 11.5. The van der Waals surface area contributed by atoms with Gasteiger partial charge in [-0.2, -0.15) is 5.10 Å². The van der Waals surface area contributed by atoms with Crippen LogP contribution in [-0.2, 0) is 14.3 Å². The molecule has 4 rings (SSSR count). The average Bonchev–Trinajstić information content (AvgIpc) is 3.39. The molecule has 2 heterocycles. The number of rotatable bonds is 5. The molecular formula is C22H19N3O5. The zero-order valence-electron chi connectivity index (χ0n) is 16.3. The molecule has 30 heavy (non-hydrogen) atoms. The van der Waals surface area contributed by atoms with Gasteiger partial charge in [0.25, 0.3) is 5.91 Å². The van der Waals surface area contributed by atoms with Crippen molar-refractivity contribution in [2.45, 2.75) is 6.92 Å². The summed E-state index contributed by atoms with van der Waals surface area (Å²) in [4.78, 5) is 37.4. The minimum Gasteiger partial charge on any atom is -0.452 e. The number of carbonyl (C=O) groups is 3. The Morgan fingerprint density at radius 2 is 1.83 bits per heavy atom. The van der Waals surface area contributed by atoms with Crippen molar-refractivity contribution >= 4 is 18.0 Å². The fourth-order valence-corrected chi connectivity index (χ4v) is 3.18. The van der Waals surface area contributed by atoms with Gasteiger partial charge < -0.3 is 9.47 Å². The molecule has 0 saturated carbocycles. The van der Waals surface area contributed by atoms with E-state index < -0.39 is 24.6 Å². The van der Waals surface area contributed by atoms with Crippen molar-refractivity contribution in [3.63, 3.8) is 0 Å². The number of cyclic esters (lactones) is 1. The highest BCUT2D eigenvalue weighted by atomic mass is 16.6. The maximum atomic E-state index is 12.8. The van der Waals surface area contributed by atoms with Gasteiger partial charge in [0.2, 0.25) is 0 Å². The van der Waals surface area contributed by atoms with Crippen molar-refractivity contribution in [1.29, 1.82) is 0 Å². The molecule has 1 aliphatic rings. The number of hydrogen-bond donors (Lipinski definition) is 0. The monoisotopic (exact) mass is 405 g/mol. The van der Waals surface area contributed by atoms with Crippen LogP contribution in [0.3, 0.4) is 0 Å². The van der Waals surface area contributed by atoms with Gasteiger partial charge >= 0.3 is 12.1 Å². The number of aryl methyl sites for hydroxylation is 1. The molecule has 2 aromatic carbocycles. The van der Waals surface area contributed by atoms with E-state index in [1.54, 1.807) is 10.9 Å². The van der Waals surface area contributed by atoms with Crippen molar-refractivity contribution in [3.05, 3.63) is 71.9 Å². The van der Waals surface area contributed by atoms with Crippen LogP contribution in [-0.4, -0.2) is 52.4 Å². The van der Waals surface area contributed by atoms with E-state index in [1.165, 1.54) is 0 Å². The van der Waals surface area contributed by atoms with Gasteiger partial charge in [0.05, 0.1) is 12.2 Å². The lowest BCUT2D eigenvalue weighted by Gasteiger charge is -2.11. The Bertz CT molecular complexity index is 1110. The predicted octanol–water partition coefficient (Wildman–Crippen LogP) is 2.98. The Morgan fingerprint density at radius 3 is 2.53 bits per heavy atom. The quantitative estimate of drug-likeness (QED) is 0.606. The standard InChI is InChI=1S/C22H19N3O5/c1-15-7-5-6-10-17(15)20-18(13-25(23-20)16-8-3-2-4-9-16)21(27)30-14-19(26)24-11-12-29-22(24)28/h2-10,13H,11-12,14H2,1H3. The van der Waals surface area contributed by atoms with E-state index >= 15 is 0 Å². The largest absolute Gasteiger partial charge is 0.452 e. The molecule has 0 spiro atoms. The van der Waals surface area contributed by atoms with Crippen LogP contribution < -0.4 is 0 Å². The molecule has 1 saturated heterocycles. The van der Waals surface area contributed by atoms with Gasteiger partial charge in [-0.15, -0.1) is 0 Å². The van der Waals surface area contributed by atoms with Gasteiger partial charge in [0.1, 0.15) is 17.9 Å². The molecule has 1 aliphatic heterocycles. The number of aromatic nitrogens is 2. The van der Waals surface area contributed by atoms with E-state index in [4.69, 9.17) is 9.47 Å². The van der Waals surface area contributed by atoms with E-state index in [2.05, 4.69) is 5.10 Å². The molecule has 1 fully saturated rings. The second-order valence-electron chi connectivity index (χ2n) is 6.72. The summed E-state index contributed by atoms with van der Waals surface area (Å²) in [5.41, 5.74) is 3.19. The number of para-hydroxylation sites is 1. The Morgan fingerprint density at radius 1 is 1.10 bits per heavy atom. The van der Waals surface area contributed by atoms with Gasteiger partial charge in [-0.1, -0.05) is 42.5 Å². The summed E-state index contributed by atoms with van der Waals surface area (Å²) in [5.74, 6) is -1.32. The molecule has 0 unspecified atom stereocenters. The highest BCUT2D eigenvalue weighted by Crippen LogP contribution is 2.27. The summed E-state index contributed by atoms with van der Waals surface area (Å²) >= 11 is 0. The smallest absolute Gasteiger partial charge is 0.416 e. The predicted molar refractivity (Wildman–Crippen MR) is 107 cm³/mol. The summed E-state index contributed by atoms with van der Waals surface area (Å²) in [6, 6.07) is 16.9. The molecule has 0 bridgehead atoms. The van der Waals surface area contributed by atoms with Crippen molar-refractivity contribution in [3.8, 4) is 16.9 Å². The highest BCUT2D eigenvalue weighted by molar-refractivity contribution is 5.99. The molecular weight excluding hydrogens is 386 g/mol. The summed E-state index contributed by atoms with van der Waals surface area (Å²) in [6.07, 6.45) is 0.849. The fraction of sp³-hybridized carbons (Fsp3) is 0.182. The minimum absolute atomic E-state index is 0.139. The van der Waals surface area contributed by atoms with Crippen molar-refractivity contribution < 1.29 is 23.9 Å². The lowest BCUT2D eigenvalue weighted by atomic mass is 10.0. The highest BCUT2D eigenvalue weighted by Gasteiger charge is 2.29. The number of benzene rings is 2.